The van der Waals surface area contributed by atoms with Crippen LogP contribution in [0, 0.1) is 0 Å². The average Bonchev–Trinajstić information content (AvgIpc) is 3.45. The minimum absolute atomic E-state index is 0.00895. The molecule has 0 fully saturated rings. The number of rotatable bonds is 8. The third-order valence-corrected chi connectivity index (χ3v) is 4.45. The zero-order valence-corrected chi connectivity index (χ0v) is 16.6. The predicted octanol–water partition coefficient (Wildman–Crippen LogP) is 2.48. The fourth-order valence-corrected chi connectivity index (χ4v) is 2.91. The summed E-state index contributed by atoms with van der Waals surface area (Å²) in [5.41, 5.74) is 1.76. The fourth-order valence-electron chi connectivity index (χ4n) is 2.91. The lowest BCUT2D eigenvalue weighted by Crippen LogP contribution is -2.27. The van der Waals surface area contributed by atoms with Crippen molar-refractivity contribution in [2.24, 2.45) is 0 Å². The van der Waals surface area contributed by atoms with Crippen LogP contribution in [-0.2, 0) is 16.1 Å². The van der Waals surface area contributed by atoms with Crippen LogP contribution in [0.4, 0.5) is 0 Å². The number of carbonyl (C=O) groups is 2. The number of hydrogen-bond acceptors (Lipinski definition) is 8. The van der Waals surface area contributed by atoms with Crippen LogP contribution >= 0.6 is 0 Å². The van der Waals surface area contributed by atoms with Gasteiger partial charge in [-0.05, 0) is 18.2 Å². The summed E-state index contributed by atoms with van der Waals surface area (Å²) in [6.07, 6.45) is -0.00895. The van der Waals surface area contributed by atoms with E-state index in [2.05, 4.69) is 25.7 Å². The summed E-state index contributed by atoms with van der Waals surface area (Å²) >= 11 is 0. The van der Waals surface area contributed by atoms with Crippen LogP contribution in [0.25, 0.3) is 22.3 Å². The number of para-hydroxylation sites is 1. The first-order valence-corrected chi connectivity index (χ1v) is 9.48. The standard InChI is InChI=1S/C21H19N5O5/c1-29-14-6-4-5-13(11-14)20-23-17(31-26-20)12-30-18(27)9-10-22-21(28)19-15-7-2-3-8-16(15)24-25-19/h2-8,11H,9-10,12H2,1H3,(H,22,28)(H,24,25). The highest BCUT2D eigenvalue weighted by atomic mass is 16.6. The second kappa shape index (κ2) is 9.08. The monoisotopic (exact) mass is 421 g/mol. The highest BCUT2D eigenvalue weighted by Gasteiger charge is 2.15. The van der Waals surface area contributed by atoms with Gasteiger partial charge in [0.25, 0.3) is 11.8 Å². The largest absolute Gasteiger partial charge is 0.497 e. The highest BCUT2D eigenvalue weighted by Crippen LogP contribution is 2.21. The van der Waals surface area contributed by atoms with E-state index < -0.39 is 5.97 Å². The maximum absolute atomic E-state index is 12.3. The molecule has 2 aromatic heterocycles. The number of H-pyrrole nitrogens is 1. The zero-order valence-electron chi connectivity index (χ0n) is 16.6. The van der Waals surface area contributed by atoms with E-state index in [9.17, 15) is 9.59 Å². The topological polar surface area (TPSA) is 132 Å². The first kappa shape index (κ1) is 20.1. The van der Waals surface area contributed by atoms with Gasteiger partial charge in [-0.3, -0.25) is 14.7 Å². The number of esters is 1. The first-order chi connectivity index (χ1) is 15.1. The molecule has 0 aliphatic heterocycles. The van der Waals surface area contributed by atoms with Gasteiger partial charge in [0.2, 0.25) is 5.82 Å². The summed E-state index contributed by atoms with van der Waals surface area (Å²) in [4.78, 5) is 28.4. The van der Waals surface area contributed by atoms with Crippen LogP contribution in [-0.4, -0.2) is 45.9 Å². The quantitative estimate of drug-likeness (QED) is 0.415. The number of aromatic nitrogens is 4. The Bertz CT molecular complexity index is 1220. The van der Waals surface area contributed by atoms with Crippen LogP contribution < -0.4 is 10.1 Å². The van der Waals surface area contributed by atoms with Gasteiger partial charge in [0.1, 0.15) is 5.75 Å². The van der Waals surface area contributed by atoms with E-state index in [4.69, 9.17) is 14.0 Å². The molecule has 0 atom stereocenters. The number of amides is 1. The van der Waals surface area contributed by atoms with E-state index in [1.165, 1.54) is 0 Å². The average molecular weight is 421 g/mol. The third-order valence-electron chi connectivity index (χ3n) is 4.45. The van der Waals surface area contributed by atoms with Gasteiger partial charge in [0.15, 0.2) is 12.3 Å². The van der Waals surface area contributed by atoms with E-state index in [0.29, 0.717) is 22.5 Å². The molecule has 0 spiro atoms. The molecule has 1 amide bonds. The number of fused-ring (bicyclic) bond motifs is 1. The Balaban J connectivity index is 1.24. The SMILES string of the molecule is COc1cccc(-c2noc(COC(=O)CCNC(=O)c3n[nH]c4ccccc34)n2)c1. The minimum atomic E-state index is -0.506. The summed E-state index contributed by atoms with van der Waals surface area (Å²) in [6, 6.07) is 14.5. The molecule has 2 heterocycles. The molecule has 0 aliphatic carbocycles. The highest BCUT2D eigenvalue weighted by molar-refractivity contribution is 6.04. The Morgan fingerprint density at radius 2 is 2.03 bits per heavy atom. The summed E-state index contributed by atoms with van der Waals surface area (Å²) in [7, 11) is 1.57. The van der Waals surface area contributed by atoms with Gasteiger partial charge in [0.05, 0.1) is 19.0 Å². The second-order valence-electron chi connectivity index (χ2n) is 6.53. The van der Waals surface area contributed by atoms with Gasteiger partial charge in [-0.15, -0.1) is 0 Å². The Labute approximate surface area is 176 Å². The van der Waals surface area contributed by atoms with Crippen molar-refractivity contribution < 1.29 is 23.6 Å². The molecule has 0 saturated heterocycles. The van der Waals surface area contributed by atoms with E-state index >= 15 is 0 Å². The molecule has 0 unspecified atom stereocenters. The van der Waals surface area contributed by atoms with Crippen molar-refractivity contribution in [2.75, 3.05) is 13.7 Å². The molecule has 0 bridgehead atoms. The molecule has 31 heavy (non-hydrogen) atoms. The number of nitrogens with zero attached hydrogens (tertiary/aromatic N) is 3. The smallest absolute Gasteiger partial charge is 0.308 e. The molecule has 10 heteroatoms. The Morgan fingerprint density at radius 1 is 1.16 bits per heavy atom. The van der Waals surface area contributed by atoms with Gasteiger partial charge < -0.3 is 19.3 Å². The molecule has 4 aromatic rings. The lowest BCUT2D eigenvalue weighted by Gasteiger charge is -2.04. The van der Waals surface area contributed by atoms with Crippen LogP contribution in [0.1, 0.15) is 22.8 Å². The van der Waals surface area contributed by atoms with Gasteiger partial charge in [-0.1, -0.05) is 35.5 Å². The van der Waals surface area contributed by atoms with Crippen molar-refractivity contribution in [1.82, 2.24) is 25.7 Å². The second-order valence-corrected chi connectivity index (χ2v) is 6.53. The molecule has 4 rings (SSSR count). The van der Waals surface area contributed by atoms with Crippen molar-refractivity contribution >= 4 is 22.8 Å². The lowest BCUT2D eigenvalue weighted by atomic mass is 10.2. The Kier molecular flexibility index (Phi) is 5.88. The molecular formula is C21H19N5O5. The van der Waals surface area contributed by atoms with E-state index in [1.807, 2.05) is 30.3 Å². The van der Waals surface area contributed by atoms with Crippen molar-refractivity contribution in [3.8, 4) is 17.1 Å². The predicted molar refractivity (Wildman–Crippen MR) is 109 cm³/mol. The summed E-state index contributed by atoms with van der Waals surface area (Å²) in [6.45, 7) is -0.0501. The number of methoxy groups -OCH3 is 1. The maximum atomic E-state index is 12.3. The lowest BCUT2D eigenvalue weighted by molar-refractivity contribution is -0.145. The van der Waals surface area contributed by atoms with E-state index in [1.54, 1.807) is 25.3 Å². The number of nitrogens with one attached hydrogen (secondary N) is 2. The third kappa shape index (κ3) is 4.69. The molecule has 0 saturated carbocycles. The zero-order chi connectivity index (χ0) is 21.6. The van der Waals surface area contributed by atoms with Crippen molar-refractivity contribution in [2.45, 2.75) is 13.0 Å². The molecular weight excluding hydrogens is 402 g/mol. The molecule has 10 nitrogen and oxygen atoms in total. The van der Waals surface area contributed by atoms with Crippen molar-refractivity contribution in [3.05, 3.63) is 60.1 Å². The summed E-state index contributed by atoms with van der Waals surface area (Å²) in [5.74, 6) is 0.320. The fraction of sp³-hybridized carbons (Fsp3) is 0.190. The van der Waals surface area contributed by atoms with Gasteiger partial charge in [-0.25, -0.2) is 0 Å². The summed E-state index contributed by atoms with van der Waals surface area (Å²) in [5, 5.41) is 14.1. The molecule has 2 N–H and O–H groups in total. The molecule has 2 aromatic carbocycles. The van der Waals surface area contributed by atoms with E-state index in [0.717, 1.165) is 5.52 Å². The number of aromatic amines is 1. The maximum Gasteiger partial charge on any atom is 0.308 e. The van der Waals surface area contributed by atoms with Crippen LogP contribution in [0.15, 0.2) is 53.1 Å². The van der Waals surface area contributed by atoms with Gasteiger partial charge >= 0.3 is 5.97 Å². The van der Waals surface area contributed by atoms with Crippen LogP contribution in [0.2, 0.25) is 0 Å². The number of ether oxygens (including phenoxy) is 2. The minimum Gasteiger partial charge on any atom is -0.497 e. The molecule has 0 radical (unpaired) electrons. The summed E-state index contributed by atoms with van der Waals surface area (Å²) < 4.78 is 15.4. The van der Waals surface area contributed by atoms with Crippen LogP contribution in [0.5, 0.6) is 5.75 Å². The van der Waals surface area contributed by atoms with Gasteiger partial charge in [0, 0.05) is 17.5 Å². The number of carbonyl (C=O) groups excluding carboxylic acids is 2. The first-order valence-electron chi connectivity index (χ1n) is 9.48. The van der Waals surface area contributed by atoms with Crippen molar-refractivity contribution in [1.29, 1.82) is 0 Å². The molecule has 0 aliphatic rings. The van der Waals surface area contributed by atoms with Crippen LogP contribution in [0.3, 0.4) is 0 Å². The van der Waals surface area contributed by atoms with Crippen molar-refractivity contribution in [3.63, 3.8) is 0 Å². The normalized spacial score (nSPS) is 10.7. The Morgan fingerprint density at radius 3 is 2.90 bits per heavy atom. The van der Waals surface area contributed by atoms with Gasteiger partial charge in [-0.2, -0.15) is 10.1 Å². The Hall–Kier alpha value is -4.21. The number of hydrogen-bond donors (Lipinski definition) is 2. The molecule has 158 valence electrons. The van der Waals surface area contributed by atoms with E-state index in [-0.39, 0.29) is 37.1 Å². The number of benzene rings is 2.